The molecule has 0 spiro atoms. The molecule has 1 heterocycles. The van der Waals surface area contributed by atoms with Crippen LogP contribution in [0.25, 0.3) is 0 Å². The monoisotopic (exact) mass is 238 g/mol. The first-order valence-corrected chi connectivity index (χ1v) is 5.52. The molecule has 0 aromatic rings. The maximum atomic E-state index is 11.9. The maximum absolute atomic E-state index is 11.9. The Kier molecular flexibility index (Phi) is 4.44. The Morgan fingerprint density at radius 1 is 1.50 bits per heavy atom. The lowest BCUT2D eigenvalue weighted by Crippen LogP contribution is -2.47. The van der Waals surface area contributed by atoms with Gasteiger partial charge in [0.25, 0.3) is 0 Å². The number of nitrogens with one attached hydrogen (secondary N) is 1. The van der Waals surface area contributed by atoms with Crippen molar-refractivity contribution in [2.45, 2.75) is 32.4 Å². The number of nitrogens with zero attached hydrogens (tertiary/aromatic N) is 1. The fourth-order valence-electron chi connectivity index (χ4n) is 1.87. The van der Waals surface area contributed by atoms with Gasteiger partial charge in [0.2, 0.25) is 0 Å². The molecule has 0 saturated carbocycles. The van der Waals surface area contributed by atoms with Crippen LogP contribution in [0.15, 0.2) is 0 Å². The minimum Gasteiger partial charge on any atom is -0.329 e. The van der Waals surface area contributed by atoms with Crippen LogP contribution in [0.3, 0.4) is 0 Å². The van der Waals surface area contributed by atoms with E-state index in [0.29, 0.717) is 19.0 Å². The lowest BCUT2D eigenvalue weighted by Gasteiger charge is -2.32. The number of amides is 2. The van der Waals surface area contributed by atoms with Crippen LogP contribution in [0.2, 0.25) is 0 Å². The van der Waals surface area contributed by atoms with Crippen LogP contribution in [0.5, 0.6) is 0 Å². The number of halogens is 3. The number of alkyl halides is 3. The Morgan fingerprint density at radius 2 is 2.19 bits per heavy atom. The number of carbonyl (C=O) groups is 1. The molecule has 1 atom stereocenters. The van der Waals surface area contributed by atoms with Crippen LogP contribution >= 0.6 is 0 Å². The summed E-state index contributed by atoms with van der Waals surface area (Å²) in [4.78, 5) is 12.9. The summed E-state index contributed by atoms with van der Waals surface area (Å²) < 4.78 is 35.7. The number of hydrogen-bond acceptors (Lipinski definition) is 1. The van der Waals surface area contributed by atoms with Crippen molar-refractivity contribution in [3.05, 3.63) is 0 Å². The highest BCUT2D eigenvalue weighted by Gasteiger charge is 2.29. The summed E-state index contributed by atoms with van der Waals surface area (Å²) in [5, 5.41) is 1.90. The molecule has 1 fully saturated rings. The second kappa shape index (κ2) is 5.41. The first-order valence-electron chi connectivity index (χ1n) is 5.52. The molecule has 16 heavy (non-hydrogen) atoms. The Bertz CT molecular complexity index is 243. The highest BCUT2D eigenvalue weighted by atomic mass is 19.4. The molecule has 6 heteroatoms. The highest BCUT2D eigenvalue weighted by molar-refractivity contribution is 5.74. The minimum absolute atomic E-state index is 0.422. The van der Waals surface area contributed by atoms with Crippen molar-refractivity contribution < 1.29 is 18.0 Å². The van der Waals surface area contributed by atoms with E-state index in [4.69, 9.17) is 0 Å². The molecular formula is C10H17F3N2O. The number of carbonyl (C=O) groups excluding carboxylic acids is 1. The van der Waals surface area contributed by atoms with Gasteiger partial charge >= 0.3 is 12.2 Å². The molecule has 1 N–H and O–H groups in total. The van der Waals surface area contributed by atoms with Crippen LogP contribution in [0.4, 0.5) is 18.0 Å². The van der Waals surface area contributed by atoms with Gasteiger partial charge in [-0.15, -0.1) is 0 Å². The molecule has 1 rings (SSSR count). The van der Waals surface area contributed by atoms with E-state index < -0.39 is 18.8 Å². The van der Waals surface area contributed by atoms with E-state index in [1.165, 1.54) is 4.90 Å². The lowest BCUT2D eigenvalue weighted by molar-refractivity contribution is -0.123. The van der Waals surface area contributed by atoms with E-state index in [1.54, 1.807) is 0 Å². The van der Waals surface area contributed by atoms with Gasteiger partial charge in [-0.1, -0.05) is 13.3 Å². The van der Waals surface area contributed by atoms with Crippen LogP contribution in [-0.2, 0) is 0 Å². The molecule has 1 unspecified atom stereocenters. The average Bonchev–Trinajstić information content (AvgIpc) is 2.25. The molecule has 1 aliphatic rings. The summed E-state index contributed by atoms with van der Waals surface area (Å²) in [6, 6.07) is -0.601. The van der Waals surface area contributed by atoms with E-state index in [9.17, 15) is 18.0 Å². The number of urea groups is 1. The van der Waals surface area contributed by atoms with Crippen LogP contribution in [0.1, 0.15) is 26.2 Å². The van der Waals surface area contributed by atoms with Crippen molar-refractivity contribution in [3.8, 4) is 0 Å². The molecule has 0 aromatic carbocycles. The number of piperidine rings is 1. The van der Waals surface area contributed by atoms with Gasteiger partial charge < -0.3 is 10.2 Å². The second-order valence-corrected chi connectivity index (χ2v) is 4.14. The molecule has 1 aliphatic heterocycles. The third kappa shape index (κ3) is 4.28. The quantitative estimate of drug-likeness (QED) is 0.787. The molecule has 2 amide bonds. The van der Waals surface area contributed by atoms with E-state index in [-0.39, 0.29) is 0 Å². The summed E-state index contributed by atoms with van der Waals surface area (Å²) >= 11 is 0. The molecule has 1 saturated heterocycles. The Morgan fingerprint density at radius 3 is 2.75 bits per heavy atom. The minimum atomic E-state index is -4.34. The first-order chi connectivity index (χ1) is 7.42. The van der Waals surface area contributed by atoms with Crippen molar-refractivity contribution in [1.29, 1.82) is 0 Å². The van der Waals surface area contributed by atoms with Crippen molar-refractivity contribution in [3.63, 3.8) is 0 Å². The summed E-state index contributed by atoms with van der Waals surface area (Å²) in [6.45, 7) is 1.90. The Labute approximate surface area is 93.0 Å². The average molecular weight is 238 g/mol. The van der Waals surface area contributed by atoms with Gasteiger partial charge in [0, 0.05) is 13.1 Å². The zero-order chi connectivity index (χ0) is 12.2. The van der Waals surface area contributed by atoms with E-state index >= 15 is 0 Å². The topological polar surface area (TPSA) is 32.3 Å². The van der Waals surface area contributed by atoms with E-state index in [1.807, 2.05) is 12.2 Å². The molecule has 0 aromatic heterocycles. The predicted octanol–water partition coefficient (Wildman–Crippen LogP) is 2.38. The first kappa shape index (κ1) is 13.1. The van der Waals surface area contributed by atoms with E-state index in [2.05, 4.69) is 0 Å². The van der Waals surface area contributed by atoms with Crippen molar-refractivity contribution in [2.24, 2.45) is 5.92 Å². The second-order valence-electron chi connectivity index (χ2n) is 4.14. The Hall–Kier alpha value is -0.940. The van der Waals surface area contributed by atoms with Gasteiger partial charge in [-0.05, 0) is 18.8 Å². The molecular weight excluding hydrogens is 221 g/mol. The van der Waals surface area contributed by atoms with E-state index in [0.717, 1.165) is 19.3 Å². The highest BCUT2D eigenvalue weighted by Crippen LogP contribution is 2.19. The number of rotatable bonds is 2. The number of hydrogen-bond donors (Lipinski definition) is 1. The van der Waals surface area contributed by atoms with Crippen molar-refractivity contribution in [2.75, 3.05) is 19.6 Å². The van der Waals surface area contributed by atoms with Gasteiger partial charge in [0.05, 0.1) is 0 Å². The molecule has 94 valence electrons. The molecule has 0 bridgehead atoms. The van der Waals surface area contributed by atoms with Gasteiger partial charge in [0.15, 0.2) is 0 Å². The molecule has 3 nitrogen and oxygen atoms in total. The third-order valence-electron chi connectivity index (χ3n) is 2.82. The predicted molar refractivity (Wildman–Crippen MR) is 54.0 cm³/mol. The van der Waals surface area contributed by atoms with Gasteiger partial charge in [0.1, 0.15) is 6.54 Å². The summed E-state index contributed by atoms with van der Waals surface area (Å²) in [5.74, 6) is 0.422. The molecule has 0 aliphatic carbocycles. The standard InChI is InChI=1S/C10H17F3N2O/c1-2-8-4-3-5-15(6-8)9(16)14-7-10(11,12)13/h8H,2-7H2,1H3,(H,14,16). The Balaban J connectivity index is 2.36. The van der Waals surface area contributed by atoms with Crippen molar-refractivity contribution >= 4 is 6.03 Å². The van der Waals surface area contributed by atoms with Gasteiger partial charge in [-0.25, -0.2) is 4.79 Å². The van der Waals surface area contributed by atoms with Crippen LogP contribution < -0.4 is 5.32 Å². The fourth-order valence-corrected chi connectivity index (χ4v) is 1.87. The largest absolute Gasteiger partial charge is 0.405 e. The summed E-state index contributed by atoms with van der Waals surface area (Å²) in [7, 11) is 0. The van der Waals surface area contributed by atoms with Crippen LogP contribution in [-0.4, -0.2) is 36.7 Å². The van der Waals surface area contributed by atoms with Gasteiger partial charge in [-0.3, -0.25) is 0 Å². The summed E-state index contributed by atoms with van der Waals surface area (Å²) in [5.41, 5.74) is 0. The lowest BCUT2D eigenvalue weighted by atomic mass is 9.96. The fraction of sp³-hybridized carbons (Fsp3) is 0.900. The zero-order valence-corrected chi connectivity index (χ0v) is 9.31. The van der Waals surface area contributed by atoms with Crippen LogP contribution in [0, 0.1) is 5.92 Å². The third-order valence-corrected chi connectivity index (χ3v) is 2.82. The number of likely N-dealkylation sites (tertiary alicyclic amines) is 1. The molecule has 0 radical (unpaired) electrons. The van der Waals surface area contributed by atoms with Gasteiger partial charge in [-0.2, -0.15) is 13.2 Å². The smallest absolute Gasteiger partial charge is 0.329 e. The summed E-state index contributed by atoms with van der Waals surface area (Å²) in [6.07, 6.45) is -1.45. The van der Waals surface area contributed by atoms with Crippen molar-refractivity contribution in [1.82, 2.24) is 10.2 Å². The zero-order valence-electron chi connectivity index (χ0n) is 9.31. The SMILES string of the molecule is CCC1CCCN(C(=O)NCC(F)(F)F)C1. The normalized spacial score (nSPS) is 22.0. The maximum Gasteiger partial charge on any atom is 0.405 e.